The number of nitrogens with one attached hydrogen (secondary N) is 2. The van der Waals surface area contributed by atoms with Crippen LogP contribution in [0, 0.1) is 12.3 Å². The molecule has 2 aromatic rings. The predicted molar refractivity (Wildman–Crippen MR) is 73.1 cm³/mol. The largest absolute Gasteiger partial charge is 0.399 e. The number of benzene rings is 1. The summed E-state index contributed by atoms with van der Waals surface area (Å²) < 4.78 is 0. The van der Waals surface area contributed by atoms with Gasteiger partial charge in [0.2, 0.25) is 0 Å². The van der Waals surface area contributed by atoms with Crippen molar-refractivity contribution in [1.82, 2.24) is 10.3 Å². The number of carbonyl (C=O) groups is 1. The van der Waals surface area contributed by atoms with Gasteiger partial charge in [0.1, 0.15) is 5.69 Å². The number of nitrogens with two attached hydrogens (primary N) is 1. The van der Waals surface area contributed by atoms with Crippen LogP contribution in [0.1, 0.15) is 23.8 Å². The van der Waals surface area contributed by atoms with Crippen LogP contribution in [0.2, 0.25) is 0 Å². The fraction of sp³-hybridized carbons (Fsp3) is 0.214. The number of hydrogen-bond donors (Lipinski definition) is 3. The molecule has 4 nitrogen and oxygen atoms in total. The zero-order valence-electron chi connectivity index (χ0n) is 10.2. The molecule has 0 bridgehead atoms. The van der Waals surface area contributed by atoms with Crippen molar-refractivity contribution in [1.29, 1.82) is 0 Å². The molecular weight excluding hydrogens is 226 g/mol. The van der Waals surface area contributed by atoms with E-state index in [9.17, 15) is 4.79 Å². The predicted octanol–water partition coefficient (Wildman–Crippen LogP) is 1.89. The molecule has 0 saturated heterocycles. The smallest absolute Gasteiger partial charge is 0.267 e. The number of terminal acetylenes is 1. The van der Waals surface area contributed by atoms with Crippen molar-refractivity contribution in [2.75, 3.05) is 5.73 Å². The summed E-state index contributed by atoms with van der Waals surface area (Å²) in [6.07, 6.45) is 5.71. The summed E-state index contributed by atoms with van der Waals surface area (Å²) in [6, 6.07) is 7.21. The second-order valence-corrected chi connectivity index (χ2v) is 4.31. The molecule has 1 unspecified atom stereocenters. The standard InChI is InChI=1S/C14H15N3O/c1-3-4-9(2)16-14(18)13-8-10-7-11(15)5-6-12(10)17-13/h1,5-9,17H,4,15H2,2H3,(H,16,18). The molecule has 4 heteroatoms. The third-order valence-electron chi connectivity index (χ3n) is 2.69. The Hall–Kier alpha value is -2.41. The van der Waals surface area contributed by atoms with Gasteiger partial charge in [-0.1, -0.05) is 0 Å². The van der Waals surface area contributed by atoms with Crippen LogP contribution in [0.15, 0.2) is 24.3 Å². The Kier molecular flexibility index (Phi) is 3.24. The first-order valence-corrected chi connectivity index (χ1v) is 5.72. The van der Waals surface area contributed by atoms with Gasteiger partial charge in [-0.15, -0.1) is 12.3 Å². The topological polar surface area (TPSA) is 70.9 Å². The summed E-state index contributed by atoms with van der Waals surface area (Å²) in [5.41, 5.74) is 7.77. The van der Waals surface area contributed by atoms with Crippen molar-refractivity contribution in [2.45, 2.75) is 19.4 Å². The lowest BCUT2D eigenvalue weighted by atomic mass is 10.2. The quantitative estimate of drug-likeness (QED) is 0.567. The Morgan fingerprint density at radius 2 is 2.33 bits per heavy atom. The van der Waals surface area contributed by atoms with Crippen LogP contribution in [-0.2, 0) is 0 Å². The molecule has 0 aliphatic carbocycles. The number of nitrogen functional groups attached to an aromatic ring is 1. The van der Waals surface area contributed by atoms with Crippen molar-refractivity contribution in [3.05, 3.63) is 30.0 Å². The van der Waals surface area contributed by atoms with Crippen LogP contribution in [0.25, 0.3) is 10.9 Å². The summed E-state index contributed by atoms with van der Waals surface area (Å²) in [7, 11) is 0. The van der Waals surface area contributed by atoms with E-state index in [0.29, 0.717) is 17.8 Å². The van der Waals surface area contributed by atoms with Crippen LogP contribution >= 0.6 is 0 Å². The Balaban J connectivity index is 2.21. The minimum Gasteiger partial charge on any atom is -0.399 e. The van der Waals surface area contributed by atoms with Crippen LogP contribution in [0.5, 0.6) is 0 Å². The van der Waals surface area contributed by atoms with Gasteiger partial charge in [-0.3, -0.25) is 4.79 Å². The molecule has 0 aliphatic heterocycles. The van der Waals surface area contributed by atoms with E-state index in [1.807, 2.05) is 19.1 Å². The maximum absolute atomic E-state index is 11.9. The molecule has 1 atom stereocenters. The summed E-state index contributed by atoms with van der Waals surface area (Å²) >= 11 is 0. The molecule has 4 N–H and O–H groups in total. The normalized spacial score (nSPS) is 12.0. The molecule has 0 radical (unpaired) electrons. The van der Waals surface area contributed by atoms with Gasteiger partial charge in [-0.2, -0.15) is 0 Å². The van der Waals surface area contributed by atoms with Gasteiger partial charge in [-0.05, 0) is 31.2 Å². The van der Waals surface area contributed by atoms with E-state index in [1.54, 1.807) is 12.1 Å². The fourth-order valence-corrected chi connectivity index (χ4v) is 1.80. The number of anilines is 1. The molecule has 1 aromatic carbocycles. The molecule has 2 rings (SSSR count). The summed E-state index contributed by atoms with van der Waals surface area (Å²) in [6.45, 7) is 1.87. The molecule has 1 heterocycles. The molecule has 1 aromatic heterocycles. The first-order valence-electron chi connectivity index (χ1n) is 5.72. The first-order chi connectivity index (χ1) is 8.60. The second-order valence-electron chi connectivity index (χ2n) is 4.31. The van der Waals surface area contributed by atoms with Crippen molar-refractivity contribution in [3.63, 3.8) is 0 Å². The highest BCUT2D eigenvalue weighted by atomic mass is 16.1. The van der Waals surface area contributed by atoms with Gasteiger partial charge in [0, 0.05) is 29.1 Å². The van der Waals surface area contributed by atoms with Crippen LogP contribution < -0.4 is 11.1 Å². The lowest BCUT2D eigenvalue weighted by Gasteiger charge is -2.09. The van der Waals surface area contributed by atoms with E-state index < -0.39 is 0 Å². The highest BCUT2D eigenvalue weighted by Crippen LogP contribution is 2.18. The highest BCUT2D eigenvalue weighted by molar-refractivity contribution is 5.98. The SMILES string of the molecule is C#CCC(C)NC(=O)c1cc2cc(N)ccc2[nH]1. The number of aromatic amines is 1. The van der Waals surface area contributed by atoms with E-state index in [1.165, 1.54) is 0 Å². The first kappa shape index (κ1) is 12.1. The van der Waals surface area contributed by atoms with Gasteiger partial charge in [-0.25, -0.2) is 0 Å². The van der Waals surface area contributed by atoms with E-state index >= 15 is 0 Å². The van der Waals surface area contributed by atoms with Crippen molar-refractivity contribution < 1.29 is 4.79 Å². The molecule has 0 aliphatic rings. The van der Waals surface area contributed by atoms with Gasteiger partial charge < -0.3 is 16.0 Å². The molecule has 0 spiro atoms. The fourth-order valence-electron chi connectivity index (χ4n) is 1.80. The van der Waals surface area contributed by atoms with Gasteiger partial charge >= 0.3 is 0 Å². The van der Waals surface area contributed by atoms with Crippen LogP contribution in [0.3, 0.4) is 0 Å². The molecular formula is C14H15N3O. The number of rotatable bonds is 3. The maximum atomic E-state index is 11.9. The Morgan fingerprint density at radius 1 is 1.56 bits per heavy atom. The number of amides is 1. The van der Waals surface area contributed by atoms with E-state index in [-0.39, 0.29) is 11.9 Å². The summed E-state index contributed by atoms with van der Waals surface area (Å²) in [5, 5.41) is 3.75. The number of carbonyl (C=O) groups excluding carboxylic acids is 1. The molecule has 18 heavy (non-hydrogen) atoms. The summed E-state index contributed by atoms with van der Waals surface area (Å²) in [5.74, 6) is 2.36. The third kappa shape index (κ3) is 2.46. The van der Waals surface area contributed by atoms with E-state index in [4.69, 9.17) is 12.2 Å². The van der Waals surface area contributed by atoms with Gasteiger partial charge in [0.05, 0.1) is 0 Å². The van der Waals surface area contributed by atoms with Crippen LogP contribution in [0.4, 0.5) is 5.69 Å². The second kappa shape index (κ2) is 4.84. The Bertz CT molecular complexity index is 621. The number of aromatic nitrogens is 1. The minimum atomic E-state index is -0.160. The Labute approximate surface area is 106 Å². The molecule has 92 valence electrons. The lowest BCUT2D eigenvalue weighted by molar-refractivity contribution is 0.0936. The highest BCUT2D eigenvalue weighted by Gasteiger charge is 2.11. The average Bonchev–Trinajstić information content (AvgIpc) is 2.72. The van der Waals surface area contributed by atoms with Crippen molar-refractivity contribution in [2.24, 2.45) is 0 Å². The number of hydrogen-bond acceptors (Lipinski definition) is 2. The summed E-state index contributed by atoms with van der Waals surface area (Å²) in [4.78, 5) is 15.0. The number of fused-ring (bicyclic) bond motifs is 1. The van der Waals surface area contributed by atoms with Crippen LogP contribution in [-0.4, -0.2) is 16.9 Å². The van der Waals surface area contributed by atoms with Crippen molar-refractivity contribution >= 4 is 22.5 Å². The molecule has 0 saturated carbocycles. The molecule has 1 amide bonds. The zero-order chi connectivity index (χ0) is 13.1. The zero-order valence-corrected chi connectivity index (χ0v) is 10.2. The average molecular weight is 241 g/mol. The van der Waals surface area contributed by atoms with E-state index in [0.717, 1.165) is 10.9 Å². The maximum Gasteiger partial charge on any atom is 0.267 e. The number of H-pyrrole nitrogens is 1. The Morgan fingerprint density at radius 3 is 3.06 bits per heavy atom. The van der Waals surface area contributed by atoms with E-state index in [2.05, 4.69) is 16.2 Å². The minimum absolute atomic E-state index is 0.0426. The van der Waals surface area contributed by atoms with Gasteiger partial charge in [0.25, 0.3) is 5.91 Å². The monoisotopic (exact) mass is 241 g/mol. The van der Waals surface area contributed by atoms with Crippen molar-refractivity contribution in [3.8, 4) is 12.3 Å². The third-order valence-corrected chi connectivity index (χ3v) is 2.69. The lowest BCUT2D eigenvalue weighted by Crippen LogP contribution is -2.32. The molecule has 0 fully saturated rings. The van der Waals surface area contributed by atoms with Gasteiger partial charge in [0.15, 0.2) is 0 Å².